The zero-order valence-corrected chi connectivity index (χ0v) is 11.2. The largest absolute Gasteiger partial charge is 0.490 e. The van der Waals surface area contributed by atoms with Crippen molar-refractivity contribution in [2.45, 2.75) is 13.3 Å². The highest BCUT2D eigenvalue weighted by Gasteiger charge is 2.09. The molecule has 1 heterocycles. The molecule has 0 bridgehead atoms. The summed E-state index contributed by atoms with van der Waals surface area (Å²) in [4.78, 5) is 10.8. The molecule has 3 nitrogen and oxygen atoms in total. The van der Waals surface area contributed by atoms with Crippen molar-refractivity contribution in [3.8, 4) is 11.5 Å². The molecule has 4 heteroatoms. The Morgan fingerprint density at radius 2 is 2.11 bits per heavy atom. The van der Waals surface area contributed by atoms with Crippen LogP contribution in [0.15, 0.2) is 24.3 Å². The van der Waals surface area contributed by atoms with Crippen LogP contribution in [0.1, 0.15) is 18.9 Å². The third kappa shape index (κ3) is 3.81. The Labute approximate surface area is 111 Å². The van der Waals surface area contributed by atoms with Gasteiger partial charge in [-0.05, 0) is 17.7 Å². The number of fused-ring (bicyclic) bond motifs is 1. The van der Waals surface area contributed by atoms with E-state index in [1.165, 1.54) is 11.8 Å². The van der Waals surface area contributed by atoms with Gasteiger partial charge in [0.05, 0.1) is 13.2 Å². The van der Waals surface area contributed by atoms with Crippen LogP contribution >= 0.6 is 11.8 Å². The van der Waals surface area contributed by atoms with Crippen LogP contribution in [0, 0.1) is 0 Å². The van der Waals surface area contributed by atoms with Gasteiger partial charge in [-0.2, -0.15) is 0 Å². The molecule has 96 valence electrons. The molecule has 0 fully saturated rings. The lowest BCUT2D eigenvalue weighted by Gasteiger charge is -2.07. The zero-order valence-electron chi connectivity index (χ0n) is 10.3. The summed E-state index contributed by atoms with van der Waals surface area (Å²) in [5.74, 6) is 2.31. The first-order valence-electron chi connectivity index (χ1n) is 5.95. The standard InChI is InChI=1S/C14H16O3S/c1-11(15)18-9-2-4-12-5-6-13-14(10-12)17-8-3-7-16-13/h2,4-6,10H,3,7-9H2,1H3. The molecule has 0 spiro atoms. The van der Waals surface area contributed by atoms with Gasteiger partial charge in [0.2, 0.25) is 0 Å². The third-order valence-electron chi connectivity index (χ3n) is 2.46. The molecule has 0 saturated carbocycles. The molecule has 2 rings (SSSR count). The molecule has 0 atom stereocenters. The molecule has 1 aliphatic heterocycles. The van der Waals surface area contributed by atoms with Gasteiger partial charge in [0.1, 0.15) is 0 Å². The second-order valence-electron chi connectivity index (χ2n) is 3.96. The van der Waals surface area contributed by atoms with Crippen molar-refractivity contribution in [1.29, 1.82) is 0 Å². The quantitative estimate of drug-likeness (QED) is 0.840. The van der Waals surface area contributed by atoms with Crippen molar-refractivity contribution in [2.75, 3.05) is 19.0 Å². The fourth-order valence-electron chi connectivity index (χ4n) is 1.63. The Morgan fingerprint density at radius 3 is 2.89 bits per heavy atom. The molecule has 0 aromatic heterocycles. The molecule has 1 aromatic carbocycles. The van der Waals surface area contributed by atoms with E-state index in [1.807, 2.05) is 30.4 Å². The van der Waals surface area contributed by atoms with Gasteiger partial charge in [-0.1, -0.05) is 30.0 Å². The highest BCUT2D eigenvalue weighted by molar-refractivity contribution is 8.13. The first-order chi connectivity index (χ1) is 8.75. The van der Waals surface area contributed by atoms with Crippen LogP contribution in [0.25, 0.3) is 6.08 Å². The summed E-state index contributed by atoms with van der Waals surface area (Å²) in [7, 11) is 0. The average Bonchev–Trinajstić information content (AvgIpc) is 2.59. The van der Waals surface area contributed by atoms with Crippen molar-refractivity contribution in [3.63, 3.8) is 0 Å². The minimum atomic E-state index is 0.137. The maximum absolute atomic E-state index is 10.8. The molecule has 0 radical (unpaired) electrons. The molecule has 0 amide bonds. The number of carbonyl (C=O) groups is 1. The normalized spacial score (nSPS) is 14.5. The van der Waals surface area contributed by atoms with E-state index in [2.05, 4.69) is 0 Å². The van der Waals surface area contributed by atoms with Gasteiger partial charge in [-0.15, -0.1) is 0 Å². The first-order valence-corrected chi connectivity index (χ1v) is 6.94. The smallest absolute Gasteiger partial charge is 0.186 e. The van der Waals surface area contributed by atoms with E-state index in [1.54, 1.807) is 6.92 Å². The summed E-state index contributed by atoms with van der Waals surface area (Å²) < 4.78 is 11.2. The van der Waals surface area contributed by atoms with Crippen molar-refractivity contribution >= 4 is 23.0 Å². The predicted octanol–water partition coefficient (Wildman–Crippen LogP) is 3.14. The summed E-state index contributed by atoms with van der Waals surface area (Å²) in [6.07, 6.45) is 4.88. The van der Waals surface area contributed by atoms with E-state index in [9.17, 15) is 4.79 Å². The highest BCUT2D eigenvalue weighted by atomic mass is 32.2. The van der Waals surface area contributed by atoms with E-state index in [0.29, 0.717) is 19.0 Å². The number of carbonyl (C=O) groups excluding carboxylic acids is 1. The van der Waals surface area contributed by atoms with Crippen LogP contribution in [-0.4, -0.2) is 24.1 Å². The highest BCUT2D eigenvalue weighted by Crippen LogP contribution is 2.30. The molecular formula is C14H16O3S. The van der Waals surface area contributed by atoms with Gasteiger partial charge in [-0.25, -0.2) is 0 Å². The summed E-state index contributed by atoms with van der Waals surface area (Å²) >= 11 is 1.30. The number of benzene rings is 1. The Morgan fingerprint density at radius 1 is 1.33 bits per heavy atom. The lowest BCUT2D eigenvalue weighted by Crippen LogP contribution is -1.97. The van der Waals surface area contributed by atoms with E-state index in [4.69, 9.17) is 9.47 Å². The Hall–Kier alpha value is -1.42. The molecule has 18 heavy (non-hydrogen) atoms. The zero-order chi connectivity index (χ0) is 12.8. The van der Waals surface area contributed by atoms with Crippen LogP contribution in [0.3, 0.4) is 0 Å². The SMILES string of the molecule is CC(=O)SCC=Cc1ccc2c(c1)OCCCO2. The Balaban J connectivity index is 2.01. The molecular weight excluding hydrogens is 248 g/mol. The lowest BCUT2D eigenvalue weighted by atomic mass is 10.2. The summed E-state index contributed by atoms with van der Waals surface area (Å²) in [5.41, 5.74) is 1.06. The minimum Gasteiger partial charge on any atom is -0.490 e. The molecule has 0 unspecified atom stereocenters. The van der Waals surface area contributed by atoms with Gasteiger partial charge >= 0.3 is 0 Å². The summed E-state index contributed by atoms with van der Waals surface area (Å²) in [6, 6.07) is 5.89. The number of rotatable bonds is 3. The van der Waals surface area contributed by atoms with Gasteiger partial charge in [-0.3, -0.25) is 4.79 Å². The minimum absolute atomic E-state index is 0.137. The van der Waals surface area contributed by atoms with E-state index < -0.39 is 0 Å². The van der Waals surface area contributed by atoms with Crippen molar-refractivity contribution in [3.05, 3.63) is 29.8 Å². The van der Waals surface area contributed by atoms with Crippen LogP contribution in [-0.2, 0) is 4.79 Å². The fraction of sp³-hybridized carbons (Fsp3) is 0.357. The summed E-state index contributed by atoms with van der Waals surface area (Å²) in [5, 5.41) is 0.137. The first kappa shape index (κ1) is 13.0. The van der Waals surface area contributed by atoms with E-state index >= 15 is 0 Å². The Bertz CT molecular complexity index is 454. The van der Waals surface area contributed by atoms with E-state index in [-0.39, 0.29) is 5.12 Å². The topological polar surface area (TPSA) is 35.5 Å². The van der Waals surface area contributed by atoms with E-state index in [0.717, 1.165) is 23.5 Å². The maximum Gasteiger partial charge on any atom is 0.186 e. The van der Waals surface area contributed by atoms with Crippen LogP contribution in [0.4, 0.5) is 0 Å². The predicted molar refractivity (Wildman–Crippen MR) is 74.2 cm³/mol. The monoisotopic (exact) mass is 264 g/mol. The van der Waals surface area contributed by atoms with Crippen molar-refractivity contribution < 1.29 is 14.3 Å². The number of thioether (sulfide) groups is 1. The Kier molecular flexibility index (Phi) is 4.70. The molecule has 0 aliphatic carbocycles. The number of hydrogen-bond acceptors (Lipinski definition) is 4. The second kappa shape index (κ2) is 6.50. The number of hydrogen-bond donors (Lipinski definition) is 0. The second-order valence-corrected chi connectivity index (χ2v) is 5.16. The molecule has 1 aromatic rings. The van der Waals surface area contributed by atoms with Crippen molar-refractivity contribution in [2.24, 2.45) is 0 Å². The third-order valence-corrected chi connectivity index (χ3v) is 3.23. The molecule has 0 N–H and O–H groups in total. The van der Waals surface area contributed by atoms with Crippen molar-refractivity contribution in [1.82, 2.24) is 0 Å². The maximum atomic E-state index is 10.8. The van der Waals surface area contributed by atoms with Gasteiger partial charge in [0, 0.05) is 19.1 Å². The lowest BCUT2D eigenvalue weighted by molar-refractivity contribution is -0.109. The van der Waals surface area contributed by atoms with Crippen LogP contribution in [0.5, 0.6) is 11.5 Å². The van der Waals surface area contributed by atoms with Crippen LogP contribution in [0.2, 0.25) is 0 Å². The van der Waals surface area contributed by atoms with Gasteiger partial charge < -0.3 is 9.47 Å². The van der Waals surface area contributed by atoms with Crippen LogP contribution < -0.4 is 9.47 Å². The average molecular weight is 264 g/mol. The summed E-state index contributed by atoms with van der Waals surface area (Å²) in [6.45, 7) is 2.98. The van der Waals surface area contributed by atoms with Gasteiger partial charge in [0.15, 0.2) is 16.6 Å². The number of ether oxygens (including phenoxy) is 2. The molecule has 0 saturated heterocycles. The fourth-order valence-corrected chi connectivity index (χ4v) is 2.06. The van der Waals surface area contributed by atoms with Gasteiger partial charge in [0.25, 0.3) is 0 Å². The molecule has 1 aliphatic rings.